The van der Waals surface area contributed by atoms with Crippen LogP contribution in [0.5, 0.6) is 0 Å². The molecule has 18 heavy (non-hydrogen) atoms. The van der Waals surface area contributed by atoms with Crippen molar-refractivity contribution in [2.24, 2.45) is 7.05 Å². The minimum atomic E-state index is -0.247. The Hall–Kier alpha value is -2.61. The second kappa shape index (κ2) is 4.72. The molecule has 0 aliphatic rings. The third-order valence-corrected chi connectivity index (χ3v) is 2.74. The number of carbonyl (C=O) groups excluding carboxylic acids is 1. The molecule has 0 saturated carbocycles. The van der Waals surface area contributed by atoms with E-state index in [0.717, 1.165) is 5.69 Å². The summed E-state index contributed by atoms with van der Waals surface area (Å²) in [5, 5.41) is 15.6. The summed E-state index contributed by atoms with van der Waals surface area (Å²) in [5.41, 5.74) is 2.47. The lowest BCUT2D eigenvalue weighted by Crippen LogP contribution is -2.12. The number of benzene rings is 1. The van der Waals surface area contributed by atoms with E-state index in [0.29, 0.717) is 16.8 Å². The molecule has 1 aromatic heterocycles. The molecule has 0 aliphatic heterocycles. The van der Waals surface area contributed by atoms with Crippen LogP contribution in [0.3, 0.4) is 0 Å². The zero-order valence-electron chi connectivity index (χ0n) is 10.1. The fourth-order valence-corrected chi connectivity index (χ4v) is 1.55. The molecule has 0 saturated heterocycles. The Bertz CT molecular complexity index is 637. The molecule has 1 amide bonds. The van der Waals surface area contributed by atoms with Crippen LogP contribution >= 0.6 is 0 Å². The van der Waals surface area contributed by atoms with Crippen molar-refractivity contribution in [1.29, 1.82) is 5.26 Å². The number of aryl methyl sites for hydroxylation is 1. The van der Waals surface area contributed by atoms with Gasteiger partial charge in [-0.05, 0) is 25.1 Å². The number of nitrogens with zero attached hydrogens (tertiary/aromatic N) is 3. The quantitative estimate of drug-likeness (QED) is 0.870. The number of hydrogen-bond donors (Lipinski definition) is 1. The maximum atomic E-state index is 12.0. The number of anilines is 1. The van der Waals surface area contributed by atoms with E-state index < -0.39 is 0 Å². The summed E-state index contributed by atoms with van der Waals surface area (Å²) in [6.07, 6.45) is 1.60. The van der Waals surface area contributed by atoms with Gasteiger partial charge < -0.3 is 5.32 Å². The first kappa shape index (κ1) is 11.9. The normalized spacial score (nSPS) is 9.83. The summed E-state index contributed by atoms with van der Waals surface area (Å²) in [6, 6.07) is 8.57. The molecule has 1 heterocycles. The molecule has 5 heteroatoms. The van der Waals surface area contributed by atoms with Crippen molar-refractivity contribution in [1.82, 2.24) is 9.78 Å². The topological polar surface area (TPSA) is 70.7 Å². The Morgan fingerprint density at radius 1 is 1.50 bits per heavy atom. The van der Waals surface area contributed by atoms with Crippen LogP contribution in [0.4, 0.5) is 5.69 Å². The molecule has 0 bridgehead atoms. The summed E-state index contributed by atoms with van der Waals surface area (Å²) >= 11 is 0. The van der Waals surface area contributed by atoms with Gasteiger partial charge in [0.1, 0.15) is 0 Å². The van der Waals surface area contributed by atoms with Gasteiger partial charge in [0.15, 0.2) is 0 Å². The predicted octanol–water partition coefficient (Wildman–Crippen LogP) is 1.85. The van der Waals surface area contributed by atoms with Crippen LogP contribution in [0, 0.1) is 18.3 Å². The van der Waals surface area contributed by atoms with Gasteiger partial charge in [-0.25, -0.2) is 0 Å². The highest BCUT2D eigenvalue weighted by atomic mass is 16.1. The number of amides is 1. The number of hydrogen-bond acceptors (Lipinski definition) is 3. The van der Waals surface area contributed by atoms with Crippen molar-refractivity contribution in [3.05, 3.63) is 47.3 Å². The molecule has 90 valence electrons. The summed E-state index contributed by atoms with van der Waals surface area (Å²) in [6.45, 7) is 1.87. The Labute approximate surface area is 105 Å². The van der Waals surface area contributed by atoms with E-state index in [2.05, 4.69) is 10.4 Å². The zero-order chi connectivity index (χ0) is 13.1. The zero-order valence-corrected chi connectivity index (χ0v) is 10.1. The first-order valence-corrected chi connectivity index (χ1v) is 5.42. The maximum absolute atomic E-state index is 12.0. The molecule has 2 rings (SSSR count). The lowest BCUT2D eigenvalue weighted by Gasteiger charge is -2.04. The second-order valence-electron chi connectivity index (χ2n) is 3.91. The summed E-state index contributed by atoms with van der Waals surface area (Å²) in [4.78, 5) is 12.0. The fraction of sp³-hybridized carbons (Fsp3) is 0.154. The van der Waals surface area contributed by atoms with Crippen LogP contribution in [0.1, 0.15) is 21.6 Å². The lowest BCUT2D eigenvalue weighted by molar-refractivity contribution is 0.102. The highest BCUT2D eigenvalue weighted by molar-refractivity contribution is 6.04. The van der Waals surface area contributed by atoms with Gasteiger partial charge in [0.05, 0.1) is 29.2 Å². The van der Waals surface area contributed by atoms with Gasteiger partial charge in [-0.2, -0.15) is 10.4 Å². The maximum Gasteiger partial charge on any atom is 0.255 e. The standard InChI is InChI=1S/C13H12N4O/c1-9-12(8-15-17(9)2)16-13(18)11-5-3-4-10(6-11)7-14/h3-6,8H,1-2H3,(H,16,18). The molecule has 1 N–H and O–H groups in total. The van der Waals surface area contributed by atoms with E-state index in [1.807, 2.05) is 13.0 Å². The molecule has 2 aromatic rings. The molecular weight excluding hydrogens is 228 g/mol. The van der Waals surface area contributed by atoms with Gasteiger partial charge in [-0.1, -0.05) is 6.07 Å². The van der Waals surface area contributed by atoms with Crippen molar-refractivity contribution in [3.8, 4) is 6.07 Å². The van der Waals surface area contributed by atoms with Crippen LogP contribution in [0.15, 0.2) is 30.5 Å². The molecule has 0 aliphatic carbocycles. The summed E-state index contributed by atoms with van der Waals surface area (Å²) in [5.74, 6) is -0.247. The fourth-order valence-electron chi connectivity index (χ4n) is 1.55. The number of nitrogens with one attached hydrogen (secondary N) is 1. The van der Waals surface area contributed by atoms with Crippen LogP contribution in [0.2, 0.25) is 0 Å². The van der Waals surface area contributed by atoms with Gasteiger partial charge in [0.25, 0.3) is 5.91 Å². The molecular formula is C13H12N4O. The predicted molar refractivity (Wildman–Crippen MR) is 67.1 cm³/mol. The third-order valence-electron chi connectivity index (χ3n) is 2.74. The minimum Gasteiger partial charge on any atom is -0.319 e. The van der Waals surface area contributed by atoms with Crippen LogP contribution in [-0.4, -0.2) is 15.7 Å². The molecule has 0 spiro atoms. The van der Waals surface area contributed by atoms with Crippen molar-refractivity contribution >= 4 is 11.6 Å². The first-order valence-electron chi connectivity index (χ1n) is 5.42. The van der Waals surface area contributed by atoms with Gasteiger partial charge in [0, 0.05) is 12.6 Å². The van der Waals surface area contributed by atoms with Crippen molar-refractivity contribution in [2.45, 2.75) is 6.92 Å². The summed E-state index contributed by atoms with van der Waals surface area (Å²) in [7, 11) is 1.81. The molecule has 5 nitrogen and oxygen atoms in total. The molecule has 0 radical (unpaired) electrons. The number of rotatable bonds is 2. The van der Waals surface area contributed by atoms with E-state index in [1.54, 1.807) is 42.2 Å². The number of aromatic nitrogens is 2. The minimum absolute atomic E-state index is 0.247. The lowest BCUT2D eigenvalue weighted by atomic mass is 10.1. The highest BCUT2D eigenvalue weighted by Gasteiger charge is 2.10. The Kier molecular flexibility index (Phi) is 3.11. The molecule has 0 unspecified atom stereocenters. The second-order valence-corrected chi connectivity index (χ2v) is 3.91. The van der Waals surface area contributed by atoms with E-state index in [4.69, 9.17) is 5.26 Å². The largest absolute Gasteiger partial charge is 0.319 e. The molecule has 0 fully saturated rings. The average molecular weight is 240 g/mol. The van der Waals surface area contributed by atoms with Gasteiger partial charge >= 0.3 is 0 Å². The van der Waals surface area contributed by atoms with E-state index >= 15 is 0 Å². The Morgan fingerprint density at radius 2 is 2.28 bits per heavy atom. The van der Waals surface area contributed by atoms with Gasteiger partial charge in [-0.15, -0.1) is 0 Å². The van der Waals surface area contributed by atoms with Gasteiger partial charge in [0.2, 0.25) is 0 Å². The Morgan fingerprint density at radius 3 is 2.89 bits per heavy atom. The Balaban J connectivity index is 2.22. The van der Waals surface area contributed by atoms with E-state index in [1.165, 1.54) is 0 Å². The van der Waals surface area contributed by atoms with E-state index in [9.17, 15) is 4.79 Å². The van der Waals surface area contributed by atoms with Crippen LogP contribution < -0.4 is 5.32 Å². The molecule has 1 aromatic carbocycles. The van der Waals surface area contributed by atoms with Crippen molar-refractivity contribution < 1.29 is 4.79 Å². The smallest absolute Gasteiger partial charge is 0.255 e. The van der Waals surface area contributed by atoms with E-state index in [-0.39, 0.29) is 5.91 Å². The SMILES string of the molecule is Cc1c(NC(=O)c2cccc(C#N)c2)cnn1C. The van der Waals surface area contributed by atoms with Crippen LogP contribution in [-0.2, 0) is 7.05 Å². The highest BCUT2D eigenvalue weighted by Crippen LogP contribution is 2.14. The van der Waals surface area contributed by atoms with Gasteiger partial charge in [-0.3, -0.25) is 9.48 Å². The monoisotopic (exact) mass is 240 g/mol. The summed E-state index contributed by atoms with van der Waals surface area (Å²) < 4.78 is 1.68. The first-order chi connectivity index (χ1) is 8.61. The third kappa shape index (κ3) is 2.23. The van der Waals surface area contributed by atoms with Crippen molar-refractivity contribution in [2.75, 3.05) is 5.32 Å². The average Bonchev–Trinajstić information content (AvgIpc) is 2.71. The molecule has 0 atom stereocenters. The van der Waals surface area contributed by atoms with Crippen molar-refractivity contribution in [3.63, 3.8) is 0 Å². The van der Waals surface area contributed by atoms with Crippen LogP contribution in [0.25, 0.3) is 0 Å². The number of carbonyl (C=O) groups is 1. The number of nitriles is 1.